The molecule has 3 N–H and O–H groups in total. The molecule has 5 rings (SSSR count). The van der Waals surface area contributed by atoms with Gasteiger partial charge in [-0.05, 0) is 81.6 Å². The first-order chi connectivity index (χ1) is 15.8. The van der Waals surface area contributed by atoms with E-state index in [0.29, 0.717) is 24.5 Å². The maximum Gasteiger partial charge on any atom is 0.306 e. The fourth-order valence-corrected chi connectivity index (χ4v) is 7.86. The Labute approximate surface area is 195 Å². The van der Waals surface area contributed by atoms with Crippen LogP contribution in [0.1, 0.15) is 57.4 Å². The second-order valence-corrected chi connectivity index (χ2v) is 10.8. The largest absolute Gasteiger partial charge is 0.504 e. The van der Waals surface area contributed by atoms with Crippen molar-refractivity contribution in [3.63, 3.8) is 0 Å². The molecular formula is C26H37NO6. The van der Waals surface area contributed by atoms with Gasteiger partial charge < -0.3 is 24.8 Å². The standard InChI is InChI=1S/C26H37NO6/c1-16-13-19-24(33-22(29)9-7-17-6-8-20(28)21(14-17)32-2)23(30)18-5-3-11-27-12-4-10-26(19,31)25(18,27)15-16/h6,8,14,16,18-19,23-24,28,30-31H,3-5,7,9-13,15H2,1-2H3/t16-,18-,19+,23+,24+,25+,26+/m1/s1. The van der Waals surface area contributed by atoms with E-state index in [1.165, 1.54) is 7.11 Å². The first-order valence-electron chi connectivity index (χ1n) is 12.5. The van der Waals surface area contributed by atoms with Gasteiger partial charge in [0, 0.05) is 18.3 Å². The second kappa shape index (κ2) is 8.43. The highest BCUT2D eigenvalue weighted by atomic mass is 16.6. The van der Waals surface area contributed by atoms with Gasteiger partial charge >= 0.3 is 5.97 Å². The SMILES string of the molecule is COc1cc(CCC(=O)O[C@@H]2[C@@H](O)[C@H]3CCCN4CCC[C@]5(O)[C@H]2C[C@@H](C)C[C@@]345)ccc1O. The molecule has 2 saturated carbocycles. The van der Waals surface area contributed by atoms with E-state index in [9.17, 15) is 20.1 Å². The van der Waals surface area contributed by atoms with Crippen LogP contribution in [0.5, 0.6) is 11.5 Å². The fraction of sp³-hybridized carbons (Fsp3) is 0.731. The van der Waals surface area contributed by atoms with Crippen molar-refractivity contribution in [2.75, 3.05) is 20.2 Å². The van der Waals surface area contributed by atoms with Crippen molar-refractivity contribution in [1.82, 2.24) is 4.90 Å². The molecule has 4 fully saturated rings. The zero-order chi connectivity index (χ0) is 23.4. The molecule has 0 aromatic heterocycles. The van der Waals surface area contributed by atoms with Crippen molar-refractivity contribution < 1.29 is 29.6 Å². The number of esters is 1. The molecule has 0 unspecified atom stereocenters. The van der Waals surface area contributed by atoms with Gasteiger partial charge in [-0.15, -0.1) is 0 Å². The normalized spacial score (nSPS) is 40.1. The van der Waals surface area contributed by atoms with Gasteiger partial charge in [-0.3, -0.25) is 9.69 Å². The molecule has 1 spiro atoms. The van der Waals surface area contributed by atoms with Crippen molar-refractivity contribution >= 4 is 5.97 Å². The van der Waals surface area contributed by atoms with Gasteiger partial charge in [0.1, 0.15) is 6.10 Å². The van der Waals surface area contributed by atoms with Crippen LogP contribution >= 0.6 is 0 Å². The van der Waals surface area contributed by atoms with Crippen LogP contribution in [0, 0.1) is 17.8 Å². The van der Waals surface area contributed by atoms with Gasteiger partial charge in [0.2, 0.25) is 0 Å². The average Bonchev–Trinajstić information content (AvgIpc) is 2.79. The van der Waals surface area contributed by atoms with Crippen molar-refractivity contribution in [3.8, 4) is 11.5 Å². The molecule has 7 atom stereocenters. The molecule has 1 aromatic carbocycles. The molecule has 2 heterocycles. The van der Waals surface area contributed by atoms with E-state index in [4.69, 9.17) is 9.47 Å². The number of aromatic hydroxyl groups is 1. The van der Waals surface area contributed by atoms with E-state index in [0.717, 1.165) is 50.8 Å². The molecule has 2 aliphatic carbocycles. The van der Waals surface area contributed by atoms with Gasteiger partial charge in [-0.2, -0.15) is 0 Å². The van der Waals surface area contributed by atoms with Crippen molar-refractivity contribution in [3.05, 3.63) is 23.8 Å². The third kappa shape index (κ3) is 3.46. The first kappa shape index (κ1) is 22.9. The van der Waals surface area contributed by atoms with Crippen LogP contribution in [-0.2, 0) is 16.0 Å². The molecule has 182 valence electrons. The third-order valence-corrected chi connectivity index (χ3v) is 9.06. The summed E-state index contributed by atoms with van der Waals surface area (Å²) in [7, 11) is 1.49. The van der Waals surface area contributed by atoms with Gasteiger partial charge in [0.25, 0.3) is 0 Å². The number of hydrogen-bond donors (Lipinski definition) is 3. The van der Waals surface area contributed by atoms with Crippen LogP contribution in [0.15, 0.2) is 18.2 Å². The molecule has 0 radical (unpaired) electrons. The molecule has 7 nitrogen and oxygen atoms in total. The van der Waals surface area contributed by atoms with E-state index in [1.54, 1.807) is 18.2 Å². The highest BCUT2D eigenvalue weighted by Crippen LogP contribution is 2.62. The number of carbonyl (C=O) groups is 1. The number of methoxy groups -OCH3 is 1. The van der Waals surface area contributed by atoms with Crippen LogP contribution in [0.2, 0.25) is 0 Å². The summed E-state index contributed by atoms with van der Waals surface area (Å²) in [6.07, 6.45) is 4.39. The quantitative estimate of drug-likeness (QED) is 0.582. The van der Waals surface area contributed by atoms with E-state index >= 15 is 0 Å². The molecule has 1 aromatic rings. The van der Waals surface area contributed by atoms with Crippen LogP contribution in [-0.4, -0.2) is 69.7 Å². The lowest BCUT2D eigenvalue weighted by atomic mass is 9.45. The number of aliphatic hydroxyl groups excluding tert-OH is 1. The molecule has 2 aliphatic heterocycles. The second-order valence-electron chi connectivity index (χ2n) is 10.8. The van der Waals surface area contributed by atoms with E-state index < -0.39 is 23.3 Å². The van der Waals surface area contributed by atoms with Gasteiger partial charge in [-0.25, -0.2) is 0 Å². The monoisotopic (exact) mass is 459 g/mol. The number of phenolic OH excluding ortho intramolecular Hbond substituents is 1. The summed E-state index contributed by atoms with van der Waals surface area (Å²) in [6, 6.07) is 5.04. The number of nitrogens with zero attached hydrogens (tertiary/aromatic N) is 1. The number of ether oxygens (including phenoxy) is 2. The predicted octanol–water partition coefficient (Wildman–Crippen LogP) is 2.64. The Morgan fingerprint density at radius 1 is 1.24 bits per heavy atom. The van der Waals surface area contributed by atoms with Gasteiger partial charge in [0.05, 0.1) is 24.4 Å². The Hall–Kier alpha value is -1.83. The Kier molecular flexibility index (Phi) is 5.86. The maximum absolute atomic E-state index is 12.9. The average molecular weight is 460 g/mol. The minimum absolute atomic E-state index is 0.0614. The fourth-order valence-electron chi connectivity index (χ4n) is 7.86. The minimum atomic E-state index is -0.919. The Balaban J connectivity index is 1.36. The highest BCUT2D eigenvalue weighted by molar-refractivity contribution is 5.70. The molecule has 0 amide bonds. The lowest BCUT2D eigenvalue weighted by Crippen LogP contribution is -2.83. The third-order valence-electron chi connectivity index (χ3n) is 9.06. The summed E-state index contributed by atoms with van der Waals surface area (Å²) in [5.74, 6) is 0.170. The topological polar surface area (TPSA) is 99.5 Å². The summed E-state index contributed by atoms with van der Waals surface area (Å²) < 4.78 is 11.1. The number of aliphatic hydroxyl groups is 2. The minimum Gasteiger partial charge on any atom is -0.504 e. The lowest BCUT2D eigenvalue weighted by molar-refractivity contribution is -0.308. The number of hydrogen-bond acceptors (Lipinski definition) is 7. The first-order valence-corrected chi connectivity index (χ1v) is 12.5. The highest BCUT2D eigenvalue weighted by Gasteiger charge is 2.72. The van der Waals surface area contributed by atoms with Crippen molar-refractivity contribution in [1.29, 1.82) is 0 Å². The number of carbonyl (C=O) groups excluding carboxylic acids is 1. The number of benzene rings is 1. The van der Waals surface area contributed by atoms with Crippen LogP contribution < -0.4 is 4.74 Å². The Morgan fingerprint density at radius 2 is 2.03 bits per heavy atom. The number of rotatable bonds is 5. The summed E-state index contributed by atoms with van der Waals surface area (Å²) >= 11 is 0. The molecule has 7 heteroatoms. The Bertz CT molecular complexity index is 905. The van der Waals surface area contributed by atoms with Gasteiger partial charge in [-0.1, -0.05) is 13.0 Å². The number of aryl methyl sites for hydroxylation is 1. The van der Waals surface area contributed by atoms with Crippen molar-refractivity contribution in [2.24, 2.45) is 17.8 Å². The zero-order valence-electron chi connectivity index (χ0n) is 19.7. The van der Waals surface area contributed by atoms with Crippen molar-refractivity contribution in [2.45, 2.75) is 81.6 Å². The maximum atomic E-state index is 12.9. The molecule has 2 bridgehead atoms. The predicted molar refractivity (Wildman–Crippen MR) is 122 cm³/mol. The van der Waals surface area contributed by atoms with Gasteiger partial charge in [0.15, 0.2) is 11.5 Å². The number of piperidine rings is 2. The molecule has 4 aliphatic rings. The van der Waals surface area contributed by atoms with Crippen LogP contribution in [0.3, 0.4) is 0 Å². The molecule has 2 saturated heterocycles. The van der Waals surface area contributed by atoms with E-state index in [2.05, 4.69) is 11.8 Å². The van der Waals surface area contributed by atoms with Crippen LogP contribution in [0.25, 0.3) is 0 Å². The summed E-state index contributed by atoms with van der Waals surface area (Å²) in [5.41, 5.74) is -0.446. The van der Waals surface area contributed by atoms with E-state index in [1.807, 2.05) is 0 Å². The Morgan fingerprint density at radius 3 is 2.82 bits per heavy atom. The smallest absolute Gasteiger partial charge is 0.306 e. The van der Waals surface area contributed by atoms with Crippen LogP contribution in [0.4, 0.5) is 0 Å². The lowest BCUT2D eigenvalue weighted by Gasteiger charge is -2.72. The van der Waals surface area contributed by atoms with E-state index in [-0.39, 0.29) is 30.0 Å². The molecule has 33 heavy (non-hydrogen) atoms. The molecular weight excluding hydrogens is 422 g/mol. The summed E-state index contributed by atoms with van der Waals surface area (Å²) in [4.78, 5) is 15.4. The zero-order valence-corrected chi connectivity index (χ0v) is 19.7. The number of phenols is 1. The summed E-state index contributed by atoms with van der Waals surface area (Å²) in [6.45, 7) is 4.19. The summed E-state index contributed by atoms with van der Waals surface area (Å²) in [5, 5.41) is 33.5.